The molecular weight excluding hydrogens is 314 g/mol. The number of carbonyl (C=O) groups is 1. The Hall–Kier alpha value is -2.92. The Labute approximate surface area is 145 Å². The summed E-state index contributed by atoms with van der Waals surface area (Å²) in [5.74, 6) is -0.927. The van der Waals surface area contributed by atoms with Gasteiger partial charge < -0.3 is 5.11 Å². The van der Waals surface area contributed by atoms with Crippen molar-refractivity contribution in [1.29, 1.82) is 0 Å². The summed E-state index contributed by atoms with van der Waals surface area (Å²) in [5.41, 5.74) is 5.22. The molecule has 2 aromatic carbocycles. The molecule has 25 heavy (non-hydrogen) atoms. The van der Waals surface area contributed by atoms with E-state index in [0.717, 1.165) is 43.0 Å². The molecule has 1 aromatic heterocycles. The lowest BCUT2D eigenvalue weighted by Gasteiger charge is -2.27. The van der Waals surface area contributed by atoms with Crippen molar-refractivity contribution >= 4 is 5.97 Å². The molecule has 0 unspecified atom stereocenters. The number of hydrogen-bond acceptors (Lipinski definition) is 3. The minimum absolute atomic E-state index is 0.289. The van der Waals surface area contributed by atoms with Crippen LogP contribution in [0.25, 0.3) is 11.3 Å². The van der Waals surface area contributed by atoms with Crippen molar-refractivity contribution in [1.82, 2.24) is 15.1 Å². The third-order valence-electron chi connectivity index (χ3n) is 4.67. The lowest BCUT2D eigenvalue weighted by Crippen LogP contribution is -2.30. The Morgan fingerprint density at radius 3 is 2.68 bits per heavy atom. The normalized spacial score (nSPS) is 14.2. The first-order valence-corrected chi connectivity index (χ1v) is 8.37. The molecule has 5 nitrogen and oxygen atoms in total. The van der Waals surface area contributed by atoms with Crippen LogP contribution in [0.1, 0.15) is 27.2 Å². The van der Waals surface area contributed by atoms with Crippen molar-refractivity contribution in [2.45, 2.75) is 19.5 Å². The maximum atomic E-state index is 11.5. The highest BCUT2D eigenvalue weighted by Crippen LogP contribution is 2.31. The van der Waals surface area contributed by atoms with Gasteiger partial charge in [-0.2, -0.15) is 5.10 Å². The number of H-pyrrole nitrogens is 1. The SMILES string of the molecule is O=C(O)c1ccccc1-c1n[nH]c2c1CN(Cc1ccccc1)CC2. The van der Waals surface area contributed by atoms with Crippen LogP contribution in [0.5, 0.6) is 0 Å². The van der Waals surface area contributed by atoms with Gasteiger partial charge in [0.25, 0.3) is 0 Å². The maximum absolute atomic E-state index is 11.5. The van der Waals surface area contributed by atoms with Gasteiger partial charge in [0.15, 0.2) is 0 Å². The Morgan fingerprint density at radius 2 is 1.88 bits per heavy atom. The Bertz CT molecular complexity index is 902. The van der Waals surface area contributed by atoms with Crippen LogP contribution in [-0.4, -0.2) is 32.7 Å². The first kappa shape index (κ1) is 15.6. The minimum Gasteiger partial charge on any atom is -0.478 e. The van der Waals surface area contributed by atoms with Gasteiger partial charge in [0.1, 0.15) is 0 Å². The number of aromatic amines is 1. The van der Waals surface area contributed by atoms with Gasteiger partial charge in [-0.1, -0.05) is 48.5 Å². The van der Waals surface area contributed by atoms with Gasteiger partial charge >= 0.3 is 5.97 Å². The quantitative estimate of drug-likeness (QED) is 0.768. The number of aromatic carboxylic acids is 1. The van der Waals surface area contributed by atoms with Gasteiger partial charge in [-0.3, -0.25) is 10.00 Å². The molecule has 1 aliphatic rings. The van der Waals surface area contributed by atoms with Gasteiger partial charge in [-0.15, -0.1) is 0 Å². The lowest BCUT2D eigenvalue weighted by molar-refractivity contribution is 0.0697. The average Bonchev–Trinajstić information content (AvgIpc) is 3.05. The predicted octanol–water partition coefficient (Wildman–Crippen LogP) is 3.33. The molecule has 2 N–H and O–H groups in total. The fourth-order valence-corrected chi connectivity index (χ4v) is 3.43. The number of aromatic nitrogens is 2. The van der Waals surface area contributed by atoms with E-state index in [1.807, 2.05) is 18.2 Å². The third kappa shape index (κ3) is 3.06. The van der Waals surface area contributed by atoms with E-state index in [2.05, 4.69) is 39.4 Å². The number of nitrogens with zero attached hydrogens (tertiary/aromatic N) is 2. The molecule has 0 saturated carbocycles. The number of rotatable bonds is 4. The molecule has 126 valence electrons. The van der Waals surface area contributed by atoms with Crippen LogP contribution in [0, 0.1) is 0 Å². The van der Waals surface area contributed by atoms with Crippen molar-refractivity contribution in [3.63, 3.8) is 0 Å². The van der Waals surface area contributed by atoms with Gasteiger partial charge in [-0.05, 0) is 11.6 Å². The van der Waals surface area contributed by atoms with Crippen LogP contribution in [0.4, 0.5) is 0 Å². The number of nitrogens with one attached hydrogen (secondary N) is 1. The summed E-state index contributed by atoms with van der Waals surface area (Å²) in [6, 6.07) is 17.4. The summed E-state index contributed by atoms with van der Waals surface area (Å²) >= 11 is 0. The van der Waals surface area contributed by atoms with Gasteiger partial charge in [0.05, 0.1) is 11.3 Å². The highest BCUT2D eigenvalue weighted by molar-refractivity contribution is 5.95. The number of benzene rings is 2. The third-order valence-corrected chi connectivity index (χ3v) is 4.67. The second-order valence-electron chi connectivity index (χ2n) is 6.33. The standard InChI is InChI=1S/C20H19N3O2/c24-20(25)16-9-5-4-8-15(16)19-17-13-23(11-10-18(17)21-22-19)12-14-6-2-1-3-7-14/h1-9H,10-13H2,(H,21,22)(H,24,25). The van der Waals surface area contributed by atoms with Crippen LogP contribution < -0.4 is 0 Å². The van der Waals surface area contributed by atoms with Crippen molar-refractivity contribution in [3.05, 3.63) is 77.0 Å². The maximum Gasteiger partial charge on any atom is 0.336 e. The molecule has 0 radical (unpaired) electrons. The minimum atomic E-state index is -0.927. The summed E-state index contributed by atoms with van der Waals surface area (Å²) in [6.07, 6.45) is 0.893. The van der Waals surface area contributed by atoms with Crippen LogP contribution >= 0.6 is 0 Å². The average molecular weight is 333 g/mol. The lowest BCUT2D eigenvalue weighted by atomic mass is 9.97. The van der Waals surface area contributed by atoms with E-state index in [9.17, 15) is 9.90 Å². The largest absolute Gasteiger partial charge is 0.478 e. The van der Waals surface area contributed by atoms with Gasteiger partial charge in [0.2, 0.25) is 0 Å². The molecule has 1 aliphatic heterocycles. The van der Waals surface area contributed by atoms with Crippen LogP contribution in [0.2, 0.25) is 0 Å². The monoisotopic (exact) mass is 333 g/mol. The smallest absolute Gasteiger partial charge is 0.336 e. The van der Waals surface area contributed by atoms with Gasteiger partial charge in [-0.25, -0.2) is 4.79 Å². The Morgan fingerprint density at radius 1 is 1.12 bits per heavy atom. The van der Waals surface area contributed by atoms with E-state index >= 15 is 0 Å². The van der Waals surface area contributed by atoms with Gasteiger partial charge in [0, 0.05) is 42.9 Å². The summed E-state index contributed by atoms with van der Waals surface area (Å²) in [5, 5.41) is 17.0. The van der Waals surface area contributed by atoms with Crippen LogP contribution in [-0.2, 0) is 19.5 Å². The fourth-order valence-electron chi connectivity index (χ4n) is 3.43. The van der Waals surface area contributed by atoms with Crippen molar-refractivity contribution < 1.29 is 9.90 Å². The van der Waals surface area contributed by atoms with Crippen LogP contribution in [0.3, 0.4) is 0 Å². The fraction of sp³-hybridized carbons (Fsp3) is 0.200. The first-order valence-electron chi connectivity index (χ1n) is 8.37. The molecule has 3 aromatic rings. The molecule has 0 spiro atoms. The Balaban J connectivity index is 1.65. The highest BCUT2D eigenvalue weighted by Gasteiger charge is 2.24. The molecule has 0 bridgehead atoms. The zero-order valence-electron chi connectivity index (χ0n) is 13.8. The Kier molecular flexibility index (Phi) is 4.07. The van der Waals surface area contributed by atoms with E-state index in [0.29, 0.717) is 5.56 Å². The summed E-state index contributed by atoms with van der Waals surface area (Å²) in [6.45, 7) is 2.61. The second-order valence-corrected chi connectivity index (χ2v) is 6.33. The second kappa shape index (κ2) is 6.53. The summed E-state index contributed by atoms with van der Waals surface area (Å²) in [4.78, 5) is 13.9. The molecule has 2 heterocycles. The topological polar surface area (TPSA) is 69.2 Å². The molecule has 0 saturated heterocycles. The van der Waals surface area contributed by atoms with Crippen molar-refractivity contribution in [3.8, 4) is 11.3 Å². The predicted molar refractivity (Wildman–Crippen MR) is 95.2 cm³/mol. The van der Waals surface area contributed by atoms with E-state index in [-0.39, 0.29) is 5.56 Å². The van der Waals surface area contributed by atoms with E-state index in [4.69, 9.17) is 0 Å². The first-order chi connectivity index (χ1) is 12.2. The molecule has 4 rings (SSSR count). The van der Waals surface area contributed by atoms with E-state index < -0.39 is 5.97 Å². The number of carboxylic acid groups (broad SMARTS) is 1. The molecule has 5 heteroatoms. The molecule has 0 amide bonds. The number of carboxylic acids is 1. The van der Waals surface area contributed by atoms with E-state index in [1.165, 1.54) is 5.56 Å². The van der Waals surface area contributed by atoms with Crippen molar-refractivity contribution in [2.24, 2.45) is 0 Å². The zero-order chi connectivity index (χ0) is 17.2. The number of fused-ring (bicyclic) bond motifs is 1. The molecule has 0 atom stereocenters. The molecular formula is C20H19N3O2. The summed E-state index contributed by atoms with van der Waals surface area (Å²) in [7, 11) is 0. The molecule has 0 fully saturated rings. The number of hydrogen-bond donors (Lipinski definition) is 2. The van der Waals surface area contributed by atoms with E-state index in [1.54, 1.807) is 12.1 Å². The van der Waals surface area contributed by atoms with Crippen LogP contribution in [0.15, 0.2) is 54.6 Å². The zero-order valence-corrected chi connectivity index (χ0v) is 13.8. The highest BCUT2D eigenvalue weighted by atomic mass is 16.4. The summed E-state index contributed by atoms with van der Waals surface area (Å²) < 4.78 is 0. The molecule has 0 aliphatic carbocycles. The van der Waals surface area contributed by atoms with Crippen molar-refractivity contribution in [2.75, 3.05) is 6.54 Å².